The lowest BCUT2D eigenvalue weighted by molar-refractivity contribution is -0.0355. The first kappa shape index (κ1) is 13.1. The van der Waals surface area contributed by atoms with Crippen LogP contribution >= 0.6 is 0 Å². The highest BCUT2D eigenvalue weighted by Gasteiger charge is 2.40. The number of hydrogen-bond acceptors (Lipinski definition) is 1. The molecule has 2 fully saturated rings. The van der Waals surface area contributed by atoms with Crippen molar-refractivity contribution in [1.82, 2.24) is 0 Å². The second kappa shape index (κ2) is 5.51. The molecule has 2 aliphatic rings. The summed E-state index contributed by atoms with van der Waals surface area (Å²) in [5.74, 6) is 0.112. The van der Waals surface area contributed by atoms with Gasteiger partial charge < -0.3 is 5.11 Å². The number of halogens is 1. The van der Waals surface area contributed by atoms with Crippen LogP contribution in [0.5, 0.6) is 0 Å². The standard InChI is InChI=1S/C15H25FO/c1-2-15(10-5-11-15)14(17)9-4-7-12-6-3-8-13(12)16/h4,7,12-14,17H,2-3,5-6,8-11H2,1H3/b7-4+/t12-,13-,14?/m0/s1. The van der Waals surface area contributed by atoms with Crippen LogP contribution in [0.25, 0.3) is 0 Å². The minimum atomic E-state index is -0.646. The van der Waals surface area contributed by atoms with E-state index in [1.165, 1.54) is 6.42 Å². The average molecular weight is 240 g/mol. The van der Waals surface area contributed by atoms with E-state index in [1.54, 1.807) is 0 Å². The summed E-state index contributed by atoms with van der Waals surface area (Å²) < 4.78 is 13.4. The Labute approximate surface area is 104 Å². The molecule has 2 saturated carbocycles. The van der Waals surface area contributed by atoms with E-state index < -0.39 is 6.17 Å². The minimum absolute atomic E-state index is 0.112. The van der Waals surface area contributed by atoms with Gasteiger partial charge in [-0.3, -0.25) is 0 Å². The van der Waals surface area contributed by atoms with Crippen molar-refractivity contribution < 1.29 is 9.50 Å². The zero-order valence-corrected chi connectivity index (χ0v) is 10.9. The number of aliphatic hydroxyl groups excluding tert-OH is 1. The van der Waals surface area contributed by atoms with Gasteiger partial charge >= 0.3 is 0 Å². The van der Waals surface area contributed by atoms with Crippen molar-refractivity contribution in [3.05, 3.63) is 12.2 Å². The highest BCUT2D eigenvalue weighted by atomic mass is 19.1. The van der Waals surface area contributed by atoms with Gasteiger partial charge in [0.05, 0.1) is 6.10 Å². The molecule has 0 bridgehead atoms. The lowest BCUT2D eigenvalue weighted by Gasteiger charge is -2.45. The van der Waals surface area contributed by atoms with Crippen LogP contribution in [0.3, 0.4) is 0 Å². The van der Waals surface area contributed by atoms with E-state index in [1.807, 2.05) is 12.2 Å². The van der Waals surface area contributed by atoms with Crippen molar-refractivity contribution in [3.8, 4) is 0 Å². The molecule has 0 spiro atoms. The van der Waals surface area contributed by atoms with E-state index >= 15 is 0 Å². The van der Waals surface area contributed by atoms with E-state index in [-0.39, 0.29) is 17.4 Å². The van der Waals surface area contributed by atoms with Gasteiger partial charge in [-0.2, -0.15) is 0 Å². The molecule has 3 atom stereocenters. The van der Waals surface area contributed by atoms with Crippen LogP contribution in [-0.2, 0) is 0 Å². The largest absolute Gasteiger partial charge is 0.392 e. The van der Waals surface area contributed by atoms with E-state index in [0.29, 0.717) is 6.42 Å². The smallest absolute Gasteiger partial charge is 0.106 e. The summed E-state index contributed by atoms with van der Waals surface area (Å²) in [6, 6.07) is 0. The molecule has 1 unspecified atom stereocenters. The summed E-state index contributed by atoms with van der Waals surface area (Å²) in [6.07, 6.45) is 11.2. The Morgan fingerprint density at radius 2 is 2.12 bits per heavy atom. The Balaban J connectivity index is 1.79. The third kappa shape index (κ3) is 2.73. The monoisotopic (exact) mass is 240 g/mol. The molecular weight excluding hydrogens is 215 g/mol. The lowest BCUT2D eigenvalue weighted by atomic mass is 9.63. The molecule has 2 heteroatoms. The zero-order valence-electron chi connectivity index (χ0n) is 10.9. The summed E-state index contributed by atoms with van der Waals surface area (Å²) >= 11 is 0. The number of hydrogen-bond donors (Lipinski definition) is 1. The molecule has 0 radical (unpaired) electrons. The molecule has 2 rings (SSSR count). The van der Waals surface area contributed by atoms with Gasteiger partial charge in [-0.1, -0.05) is 25.5 Å². The molecule has 1 N–H and O–H groups in total. The zero-order chi connectivity index (χ0) is 12.3. The predicted molar refractivity (Wildman–Crippen MR) is 68.6 cm³/mol. The van der Waals surface area contributed by atoms with Gasteiger partial charge in [0.2, 0.25) is 0 Å². The number of alkyl halides is 1. The van der Waals surface area contributed by atoms with E-state index in [0.717, 1.165) is 38.5 Å². The van der Waals surface area contributed by atoms with Crippen LogP contribution in [0, 0.1) is 11.3 Å². The molecule has 98 valence electrons. The number of rotatable bonds is 5. The van der Waals surface area contributed by atoms with Crippen LogP contribution in [0.1, 0.15) is 58.3 Å². The minimum Gasteiger partial charge on any atom is -0.392 e. The van der Waals surface area contributed by atoms with Gasteiger partial charge in [-0.25, -0.2) is 4.39 Å². The number of allylic oxidation sites excluding steroid dienone is 1. The Hall–Kier alpha value is -0.370. The molecule has 0 aromatic carbocycles. The third-order valence-corrected chi connectivity index (χ3v) is 4.98. The molecule has 0 saturated heterocycles. The molecule has 0 amide bonds. The van der Waals surface area contributed by atoms with Gasteiger partial charge in [-0.15, -0.1) is 0 Å². The van der Waals surface area contributed by atoms with Crippen molar-refractivity contribution in [2.45, 2.75) is 70.6 Å². The molecule has 0 aliphatic heterocycles. The quantitative estimate of drug-likeness (QED) is 0.720. The summed E-state index contributed by atoms with van der Waals surface area (Å²) in [5, 5.41) is 10.2. The average Bonchev–Trinajstić information content (AvgIpc) is 2.64. The Kier molecular flexibility index (Phi) is 4.24. The van der Waals surface area contributed by atoms with Crippen molar-refractivity contribution in [2.75, 3.05) is 0 Å². The second-order valence-corrected chi connectivity index (χ2v) is 5.86. The van der Waals surface area contributed by atoms with E-state index in [2.05, 4.69) is 6.92 Å². The van der Waals surface area contributed by atoms with Gasteiger partial charge in [0.1, 0.15) is 6.17 Å². The fourth-order valence-electron chi connectivity index (χ4n) is 3.35. The SMILES string of the molecule is CCC1(C(O)C/C=C/[C@@H]2CCC[C@@H]2F)CCC1. The summed E-state index contributed by atoms with van der Waals surface area (Å²) in [4.78, 5) is 0. The molecule has 2 aliphatic carbocycles. The molecule has 1 nitrogen and oxygen atoms in total. The summed E-state index contributed by atoms with van der Waals surface area (Å²) in [6.45, 7) is 2.17. The Bertz CT molecular complexity index is 265. The van der Waals surface area contributed by atoms with Crippen molar-refractivity contribution >= 4 is 0 Å². The third-order valence-electron chi connectivity index (χ3n) is 4.98. The van der Waals surface area contributed by atoms with Crippen LogP contribution in [-0.4, -0.2) is 17.4 Å². The fourth-order valence-corrected chi connectivity index (χ4v) is 3.35. The lowest BCUT2D eigenvalue weighted by Crippen LogP contribution is -2.40. The predicted octanol–water partition coefficient (Wildman–Crippen LogP) is 4.01. The maximum Gasteiger partial charge on any atom is 0.106 e. The van der Waals surface area contributed by atoms with Crippen LogP contribution < -0.4 is 0 Å². The maximum absolute atomic E-state index is 13.4. The van der Waals surface area contributed by atoms with Crippen molar-refractivity contribution in [3.63, 3.8) is 0 Å². The second-order valence-electron chi connectivity index (χ2n) is 5.86. The highest BCUT2D eigenvalue weighted by Crippen LogP contribution is 2.47. The van der Waals surface area contributed by atoms with Gasteiger partial charge in [0, 0.05) is 5.92 Å². The summed E-state index contributed by atoms with van der Waals surface area (Å²) in [5.41, 5.74) is 0.176. The topological polar surface area (TPSA) is 20.2 Å². The van der Waals surface area contributed by atoms with Crippen molar-refractivity contribution in [2.24, 2.45) is 11.3 Å². The maximum atomic E-state index is 13.4. The molecule has 0 heterocycles. The Morgan fingerprint density at radius 1 is 1.35 bits per heavy atom. The molecule has 0 aromatic heterocycles. The normalized spacial score (nSPS) is 33.8. The molecule has 17 heavy (non-hydrogen) atoms. The van der Waals surface area contributed by atoms with E-state index in [4.69, 9.17) is 0 Å². The molecular formula is C15H25FO. The van der Waals surface area contributed by atoms with Gasteiger partial charge in [0.15, 0.2) is 0 Å². The van der Waals surface area contributed by atoms with Crippen LogP contribution in [0.2, 0.25) is 0 Å². The fraction of sp³-hybridized carbons (Fsp3) is 0.867. The first-order valence-electron chi connectivity index (χ1n) is 7.17. The van der Waals surface area contributed by atoms with Crippen molar-refractivity contribution in [1.29, 1.82) is 0 Å². The Morgan fingerprint density at radius 3 is 2.59 bits per heavy atom. The van der Waals surface area contributed by atoms with Gasteiger partial charge in [-0.05, 0) is 50.4 Å². The summed E-state index contributed by atoms with van der Waals surface area (Å²) in [7, 11) is 0. The first-order chi connectivity index (χ1) is 8.18. The first-order valence-corrected chi connectivity index (χ1v) is 7.17. The van der Waals surface area contributed by atoms with Gasteiger partial charge in [0.25, 0.3) is 0 Å². The highest BCUT2D eigenvalue weighted by molar-refractivity contribution is 5.00. The number of aliphatic hydroxyl groups is 1. The molecule has 0 aromatic rings. The van der Waals surface area contributed by atoms with Crippen LogP contribution in [0.15, 0.2) is 12.2 Å². The van der Waals surface area contributed by atoms with Crippen LogP contribution in [0.4, 0.5) is 4.39 Å². The van der Waals surface area contributed by atoms with E-state index in [9.17, 15) is 9.50 Å².